The van der Waals surface area contributed by atoms with E-state index in [1.165, 1.54) is 18.4 Å². The molecular weight excluding hydrogens is 262 g/mol. The third-order valence-electron chi connectivity index (χ3n) is 4.18. The lowest BCUT2D eigenvalue weighted by Crippen LogP contribution is -2.33. The second kappa shape index (κ2) is 5.31. The third-order valence-corrected chi connectivity index (χ3v) is 4.18. The van der Waals surface area contributed by atoms with E-state index >= 15 is 0 Å². The van der Waals surface area contributed by atoms with Crippen molar-refractivity contribution in [1.82, 2.24) is 15.0 Å². The van der Waals surface area contributed by atoms with Gasteiger partial charge in [0.05, 0.1) is 0 Å². The van der Waals surface area contributed by atoms with Crippen LogP contribution < -0.4 is 9.80 Å². The van der Waals surface area contributed by atoms with E-state index < -0.39 is 0 Å². The zero-order chi connectivity index (χ0) is 14.1. The van der Waals surface area contributed by atoms with Gasteiger partial charge in [-0.05, 0) is 30.9 Å². The first-order valence-corrected chi connectivity index (χ1v) is 7.61. The number of hydrogen-bond acceptors (Lipinski definition) is 5. The van der Waals surface area contributed by atoms with Crippen LogP contribution in [-0.4, -0.2) is 34.6 Å². The fourth-order valence-corrected chi connectivity index (χ4v) is 2.89. The SMILES string of the molecule is c1cnc(N2CCN(CC3CC3)c3ncccc3C2)nc1. The molecule has 1 aliphatic carbocycles. The average Bonchev–Trinajstić information content (AvgIpc) is 3.36. The van der Waals surface area contributed by atoms with Gasteiger partial charge >= 0.3 is 0 Å². The summed E-state index contributed by atoms with van der Waals surface area (Å²) in [5.41, 5.74) is 1.27. The van der Waals surface area contributed by atoms with E-state index in [0.717, 1.165) is 43.9 Å². The Balaban J connectivity index is 1.63. The molecule has 0 aromatic carbocycles. The van der Waals surface area contributed by atoms with E-state index in [2.05, 4.69) is 30.8 Å². The van der Waals surface area contributed by atoms with Crippen molar-refractivity contribution in [2.45, 2.75) is 19.4 Å². The van der Waals surface area contributed by atoms with Crippen LogP contribution in [0.2, 0.25) is 0 Å². The van der Waals surface area contributed by atoms with Gasteiger partial charge in [-0.3, -0.25) is 0 Å². The Morgan fingerprint density at radius 2 is 1.81 bits per heavy atom. The molecule has 5 nitrogen and oxygen atoms in total. The number of nitrogens with zero attached hydrogens (tertiary/aromatic N) is 5. The summed E-state index contributed by atoms with van der Waals surface area (Å²) in [4.78, 5) is 18.1. The van der Waals surface area contributed by atoms with E-state index in [0.29, 0.717) is 0 Å². The van der Waals surface area contributed by atoms with Crippen LogP contribution in [0, 0.1) is 5.92 Å². The lowest BCUT2D eigenvalue weighted by atomic mass is 10.2. The van der Waals surface area contributed by atoms with Gasteiger partial charge < -0.3 is 9.80 Å². The van der Waals surface area contributed by atoms with Gasteiger partial charge in [0.15, 0.2) is 0 Å². The van der Waals surface area contributed by atoms with Crippen molar-refractivity contribution in [2.75, 3.05) is 29.4 Å². The summed E-state index contributed by atoms with van der Waals surface area (Å²) in [6.07, 6.45) is 8.24. The van der Waals surface area contributed by atoms with Crippen LogP contribution in [0.3, 0.4) is 0 Å². The minimum absolute atomic E-state index is 0.806. The lowest BCUT2D eigenvalue weighted by molar-refractivity contribution is 0.698. The predicted octanol–water partition coefficient (Wildman–Crippen LogP) is 2.11. The minimum Gasteiger partial charge on any atom is -0.354 e. The topological polar surface area (TPSA) is 45.2 Å². The fraction of sp³-hybridized carbons (Fsp3) is 0.438. The van der Waals surface area contributed by atoms with Gasteiger partial charge in [-0.2, -0.15) is 0 Å². The standard InChI is InChI=1S/C16H19N5/c1-3-14-12-21(16-18-7-2-8-19-16)10-9-20(11-13-4-5-13)15(14)17-6-1/h1-3,6-8,13H,4-5,9-12H2. The van der Waals surface area contributed by atoms with Crippen molar-refractivity contribution < 1.29 is 0 Å². The first kappa shape index (κ1) is 12.6. The summed E-state index contributed by atoms with van der Waals surface area (Å²) >= 11 is 0. The maximum atomic E-state index is 4.63. The molecule has 0 bridgehead atoms. The van der Waals surface area contributed by atoms with Gasteiger partial charge in [0.2, 0.25) is 5.95 Å². The molecule has 1 fully saturated rings. The molecule has 0 spiro atoms. The molecule has 3 heterocycles. The number of aromatic nitrogens is 3. The molecule has 108 valence electrons. The summed E-state index contributed by atoms with van der Waals surface area (Å²) in [5.74, 6) is 2.81. The predicted molar refractivity (Wildman–Crippen MR) is 82.3 cm³/mol. The van der Waals surface area contributed by atoms with Crippen molar-refractivity contribution in [2.24, 2.45) is 5.92 Å². The zero-order valence-corrected chi connectivity index (χ0v) is 12.0. The summed E-state index contributed by atoms with van der Waals surface area (Å²) in [6, 6.07) is 6.04. The number of pyridine rings is 1. The first-order valence-electron chi connectivity index (χ1n) is 7.61. The zero-order valence-electron chi connectivity index (χ0n) is 12.0. The van der Waals surface area contributed by atoms with Gasteiger partial charge in [0.25, 0.3) is 0 Å². The number of hydrogen-bond donors (Lipinski definition) is 0. The quantitative estimate of drug-likeness (QED) is 0.862. The highest BCUT2D eigenvalue weighted by atomic mass is 15.3. The Morgan fingerprint density at radius 3 is 2.62 bits per heavy atom. The normalized spacial score (nSPS) is 18.3. The van der Waals surface area contributed by atoms with Gasteiger partial charge in [0, 0.05) is 50.3 Å². The molecule has 0 unspecified atom stereocenters. The number of fused-ring (bicyclic) bond motifs is 1. The monoisotopic (exact) mass is 281 g/mol. The average molecular weight is 281 g/mol. The van der Waals surface area contributed by atoms with Crippen LogP contribution in [0.1, 0.15) is 18.4 Å². The van der Waals surface area contributed by atoms with Crippen LogP contribution in [0.5, 0.6) is 0 Å². The van der Waals surface area contributed by atoms with Crippen LogP contribution in [0.4, 0.5) is 11.8 Å². The molecule has 0 amide bonds. The Kier molecular flexibility index (Phi) is 3.18. The fourth-order valence-electron chi connectivity index (χ4n) is 2.89. The molecule has 2 aromatic rings. The summed E-state index contributed by atoms with van der Waals surface area (Å²) < 4.78 is 0. The highest BCUT2D eigenvalue weighted by molar-refractivity contribution is 5.51. The molecular formula is C16H19N5. The van der Waals surface area contributed by atoms with Gasteiger partial charge in [-0.1, -0.05) is 6.07 Å². The van der Waals surface area contributed by atoms with E-state index in [-0.39, 0.29) is 0 Å². The molecule has 0 radical (unpaired) electrons. The van der Waals surface area contributed by atoms with E-state index in [1.807, 2.05) is 18.3 Å². The molecule has 0 N–H and O–H groups in total. The summed E-state index contributed by atoms with van der Waals surface area (Å²) in [6.45, 7) is 3.88. The van der Waals surface area contributed by atoms with Gasteiger partial charge in [-0.25, -0.2) is 15.0 Å². The molecule has 0 atom stereocenters. The Bertz CT molecular complexity index is 611. The van der Waals surface area contributed by atoms with E-state index in [1.54, 1.807) is 12.4 Å². The van der Waals surface area contributed by atoms with Crippen molar-refractivity contribution >= 4 is 11.8 Å². The Labute approximate surface area is 124 Å². The Morgan fingerprint density at radius 1 is 1.00 bits per heavy atom. The van der Waals surface area contributed by atoms with Crippen molar-refractivity contribution in [3.63, 3.8) is 0 Å². The molecule has 0 saturated heterocycles. The maximum Gasteiger partial charge on any atom is 0.225 e. The van der Waals surface area contributed by atoms with E-state index in [4.69, 9.17) is 0 Å². The minimum atomic E-state index is 0.806. The Hall–Kier alpha value is -2.17. The highest BCUT2D eigenvalue weighted by Crippen LogP contribution is 2.33. The summed E-state index contributed by atoms with van der Waals surface area (Å²) in [7, 11) is 0. The van der Waals surface area contributed by atoms with Crippen LogP contribution in [0.15, 0.2) is 36.8 Å². The molecule has 21 heavy (non-hydrogen) atoms. The highest BCUT2D eigenvalue weighted by Gasteiger charge is 2.28. The van der Waals surface area contributed by atoms with Crippen LogP contribution in [0.25, 0.3) is 0 Å². The second-order valence-corrected chi connectivity index (χ2v) is 5.85. The van der Waals surface area contributed by atoms with Crippen LogP contribution >= 0.6 is 0 Å². The smallest absolute Gasteiger partial charge is 0.225 e. The number of anilines is 2. The molecule has 1 saturated carbocycles. The van der Waals surface area contributed by atoms with Crippen molar-refractivity contribution in [3.8, 4) is 0 Å². The molecule has 4 rings (SSSR count). The molecule has 2 aromatic heterocycles. The van der Waals surface area contributed by atoms with Crippen molar-refractivity contribution in [3.05, 3.63) is 42.4 Å². The maximum absolute atomic E-state index is 4.63. The molecule has 2 aliphatic rings. The van der Waals surface area contributed by atoms with Gasteiger partial charge in [0.1, 0.15) is 5.82 Å². The molecule has 1 aliphatic heterocycles. The number of rotatable bonds is 3. The lowest BCUT2D eigenvalue weighted by Gasteiger charge is -2.23. The van der Waals surface area contributed by atoms with E-state index in [9.17, 15) is 0 Å². The third kappa shape index (κ3) is 2.68. The largest absolute Gasteiger partial charge is 0.354 e. The summed E-state index contributed by atoms with van der Waals surface area (Å²) in [5, 5.41) is 0. The second-order valence-electron chi connectivity index (χ2n) is 5.85. The van der Waals surface area contributed by atoms with Crippen LogP contribution in [-0.2, 0) is 6.54 Å². The molecule has 5 heteroatoms. The van der Waals surface area contributed by atoms with Gasteiger partial charge in [-0.15, -0.1) is 0 Å². The first-order chi connectivity index (χ1) is 10.4. The van der Waals surface area contributed by atoms with Crippen molar-refractivity contribution in [1.29, 1.82) is 0 Å².